The fourth-order valence-electron chi connectivity index (χ4n) is 3.25. The van der Waals surface area contributed by atoms with Crippen molar-refractivity contribution in [2.45, 2.75) is 13.3 Å². The Labute approximate surface area is 198 Å². The lowest BCUT2D eigenvalue weighted by Crippen LogP contribution is -2.53. The Balaban J connectivity index is 0.00000341. The summed E-state index contributed by atoms with van der Waals surface area (Å²) in [6.07, 6.45) is 1.97. The molecule has 0 spiro atoms. The van der Waals surface area contributed by atoms with Crippen LogP contribution in [-0.2, 0) is 4.79 Å². The highest BCUT2D eigenvalue weighted by atomic mass is 127. The average Bonchev–Trinajstić information content (AvgIpc) is 2.75. The molecule has 3 rings (SSSR count). The van der Waals surface area contributed by atoms with Crippen molar-refractivity contribution in [3.63, 3.8) is 0 Å². The molecule has 2 heterocycles. The molecule has 10 heteroatoms. The highest BCUT2D eigenvalue weighted by Crippen LogP contribution is 2.21. The van der Waals surface area contributed by atoms with E-state index in [1.807, 2.05) is 22.8 Å². The minimum Gasteiger partial charge on any atom is -0.366 e. The first-order valence-electron chi connectivity index (χ1n) is 9.84. The number of anilines is 2. The number of piperazine rings is 1. The molecule has 1 aromatic carbocycles. The second-order valence-corrected chi connectivity index (χ2v) is 7.06. The molecule has 0 saturated carbocycles. The number of pyridine rings is 1. The molecule has 2 aromatic rings. The molecule has 0 atom stereocenters. The quantitative estimate of drug-likeness (QED) is 0.344. The predicted molar refractivity (Wildman–Crippen MR) is 129 cm³/mol. The lowest BCUT2D eigenvalue weighted by atomic mass is 10.2. The lowest BCUT2D eigenvalue weighted by molar-refractivity contribution is -0.116. The molecule has 2 N–H and O–H groups in total. The third kappa shape index (κ3) is 7.01. The van der Waals surface area contributed by atoms with Crippen molar-refractivity contribution in [1.29, 1.82) is 0 Å². The zero-order chi connectivity index (χ0) is 21.5. The van der Waals surface area contributed by atoms with E-state index in [0.717, 1.165) is 17.7 Å². The summed E-state index contributed by atoms with van der Waals surface area (Å²) in [5.74, 6) is 0.180. The van der Waals surface area contributed by atoms with E-state index in [-0.39, 0.29) is 42.0 Å². The van der Waals surface area contributed by atoms with Crippen molar-refractivity contribution in [3.8, 4) is 0 Å². The number of carbonyl (C=O) groups excluding carboxylic acids is 1. The van der Waals surface area contributed by atoms with E-state index < -0.39 is 11.6 Å². The number of carbonyl (C=O) groups is 1. The van der Waals surface area contributed by atoms with Crippen molar-refractivity contribution in [2.24, 2.45) is 4.99 Å². The van der Waals surface area contributed by atoms with E-state index in [9.17, 15) is 13.6 Å². The van der Waals surface area contributed by atoms with Crippen LogP contribution in [0.5, 0.6) is 0 Å². The maximum atomic E-state index is 14.0. The number of aryl methyl sites for hydroxylation is 1. The third-order valence-corrected chi connectivity index (χ3v) is 4.85. The summed E-state index contributed by atoms with van der Waals surface area (Å²) in [6.45, 7) is 4.65. The fourth-order valence-corrected chi connectivity index (χ4v) is 3.25. The van der Waals surface area contributed by atoms with Gasteiger partial charge in [0.15, 0.2) is 5.96 Å². The van der Waals surface area contributed by atoms with Gasteiger partial charge in [-0.25, -0.2) is 13.8 Å². The molecular formula is C21H27F2IN6O. The van der Waals surface area contributed by atoms with Gasteiger partial charge in [0.2, 0.25) is 5.91 Å². The maximum Gasteiger partial charge on any atom is 0.227 e. The first-order valence-corrected chi connectivity index (χ1v) is 9.84. The van der Waals surface area contributed by atoms with Crippen molar-refractivity contribution < 1.29 is 13.6 Å². The lowest BCUT2D eigenvalue weighted by Gasteiger charge is -2.37. The summed E-state index contributed by atoms with van der Waals surface area (Å²) in [5, 5.41) is 5.94. The predicted octanol–water partition coefficient (Wildman–Crippen LogP) is 3.01. The molecule has 1 saturated heterocycles. The number of aliphatic imine (C=N–C) groups is 1. The Morgan fingerprint density at radius 1 is 1.16 bits per heavy atom. The number of benzene rings is 1. The van der Waals surface area contributed by atoms with Gasteiger partial charge in [0.05, 0.1) is 5.69 Å². The smallest absolute Gasteiger partial charge is 0.227 e. The van der Waals surface area contributed by atoms with Crippen LogP contribution in [0.2, 0.25) is 0 Å². The van der Waals surface area contributed by atoms with Crippen LogP contribution in [0, 0.1) is 18.6 Å². The molecule has 0 unspecified atom stereocenters. The molecule has 1 aromatic heterocycles. The van der Waals surface area contributed by atoms with Crippen LogP contribution in [-0.4, -0.2) is 61.5 Å². The normalized spacial score (nSPS) is 14.1. The molecule has 1 aliphatic heterocycles. The number of hydrogen-bond donors (Lipinski definition) is 2. The van der Waals surface area contributed by atoms with Gasteiger partial charge < -0.3 is 20.4 Å². The van der Waals surface area contributed by atoms with Crippen LogP contribution >= 0.6 is 24.0 Å². The number of halogens is 3. The van der Waals surface area contributed by atoms with E-state index in [0.29, 0.717) is 44.5 Å². The topological polar surface area (TPSA) is 72.9 Å². The Kier molecular flexibility index (Phi) is 9.41. The molecule has 1 amide bonds. The first-order chi connectivity index (χ1) is 14.5. The van der Waals surface area contributed by atoms with Gasteiger partial charge in [0, 0.05) is 58.5 Å². The summed E-state index contributed by atoms with van der Waals surface area (Å²) in [6, 6.07) is 7.14. The highest BCUT2D eigenvalue weighted by molar-refractivity contribution is 14.0. The second-order valence-electron chi connectivity index (χ2n) is 7.06. The van der Waals surface area contributed by atoms with E-state index in [2.05, 4.69) is 20.6 Å². The van der Waals surface area contributed by atoms with E-state index in [4.69, 9.17) is 0 Å². The second kappa shape index (κ2) is 11.8. The summed E-state index contributed by atoms with van der Waals surface area (Å²) in [7, 11) is 1.68. The number of aromatic nitrogens is 1. The van der Waals surface area contributed by atoms with Crippen molar-refractivity contribution in [1.82, 2.24) is 15.2 Å². The molecule has 7 nitrogen and oxygen atoms in total. The Morgan fingerprint density at radius 2 is 1.90 bits per heavy atom. The number of nitrogens with zero attached hydrogens (tertiary/aromatic N) is 4. The number of nitrogens with one attached hydrogen (secondary N) is 2. The standard InChI is InChI=1S/C21H26F2N6O.HI/c1-15-3-6-19(26-14-15)27-20(30)7-8-25-21(24-2)29-11-9-28(10-12-29)18-13-16(22)4-5-17(18)23;/h3-6,13-14H,7-12H2,1-2H3,(H,24,25)(H,26,27,30);1H. The Bertz CT molecular complexity index is 901. The van der Waals surface area contributed by atoms with Gasteiger partial charge >= 0.3 is 0 Å². The molecular weight excluding hydrogens is 517 g/mol. The minimum absolute atomic E-state index is 0. The van der Waals surface area contributed by atoms with Crippen molar-refractivity contribution >= 4 is 47.3 Å². The summed E-state index contributed by atoms with van der Waals surface area (Å²) in [5.41, 5.74) is 1.30. The van der Waals surface area contributed by atoms with E-state index >= 15 is 0 Å². The van der Waals surface area contributed by atoms with E-state index in [1.54, 1.807) is 19.3 Å². The SMILES string of the molecule is CN=C(NCCC(=O)Nc1ccc(C)cn1)N1CCN(c2cc(F)ccc2F)CC1.I. The van der Waals surface area contributed by atoms with Crippen LogP contribution in [0.15, 0.2) is 41.5 Å². The minimum atomic E-state index is -0.453. The largest absolute Gasteiger partial charge is 0.366 e. The Morgan fingerprint density at radius 3 is 2.55 bits per heavy atom. The number of rotatable bonds is 5. The molecule has 31 heavy (non-hydrogen) atoms. The van der Waals surface area contributed by atoms with Gasteiger partial charge in [-0.1, -0.05) is 6.07 Å². The number of amides is 1. The van der Waals surface area contributed by atoms with Crippen LogP contribution < -0.4 is 15.5 Å². The fraction of sp³-hybridized carbons (Fsp3) is 0.381. The average molecular weight is 544 g/mol. The maximum absolute atomic E-state index is 14.0. The molecule has 0 bridgehead atoms. The highest BCUT2D eigenvalue weighted by Gasteiger charge is 2.22. The zero-order valence-corrected chi connectivity index (χ0v) is 19.9. The van der Waals surface area contributed by atoms with Crippen molar-refractivity contribution in [2.75, 3.05) is 50.0 Å². The third-order valence-electron chi connectivity index (χ3n) is 4.85. The van der Waals surface area contributed by atoms with E-state index in [1.165, 1.54) is 6.07 Å². The summed E-state index contributed by atoms with van der Waals surface area (Å²) >= 11 is 0. The number of guanidine groups is 1. The molecule has 1 fully saturated rings. The van der Waals surface area contributed by atoms with Gasteiger partial charge in [-0.15, -0.1) is 24.0 Å². The monoisotopic (exact) mass is 544 g/mol. The summed E-state index contributed by atoms with van der Waals surface area (Å²) in [4.78, 5) is 24.4. The molecule has 0 aliphatic carbocycles. The van der Waals surface area contributed by atoms with Crippen molar-refractivity contribution in [3.05, 3.63) is 53.7 Å². The van der Waals surface area contributed by atoms with Crippen LogP contribution in [0.4, 0.5) is 20.3 Å². The van der Waals surface area contributed by atoms with Crippen LogP contribution in [0.25, 0.3) is 0 Å². The molecule has 0 radical (unpaired) electrons. The number of hydrogen-bond acceptors (Lipinski definition) is 4. The van der Waals surface area contributed by atoms with Gasteiger partial charge in [0.1, 0.15) is 17.5 Å². The van der Waals surface area contributed by atoms with Gasteiger partial charge in [0.25, 0.3) is 0 Å². The van der Waals surface area contributed by atoms with Gasteiger partial charge in [-0.05, 0) is 30.7 Å². The molecule has 168 valence electrons. The Hall–Kier alpha value is -2.50. The summed E-state index contributed by atoms with van der Waals surface area (Å²) < 4.78 is 27.4. The van der Waals surface area contributed by atoms with Crippen LogP contribution in [0.3, 0.4) is 0 Å². The van der Waals surface area contributed by atoms with Gasteiger partial charge in [-0.2, -0.15) is 0 Å². The first kappa shape index (κ1) is 24.8. The van der Waals surface area contributed by atoms with Gasteiger partial charge in [-0.3, -0.25) is 9.79 Å². The van der Waals surface area contributed by atoms with Crippen LogP contribution in [0.1, 0.15) is 12.0 Å². The zero-order valence-electron chi connectivity index (χ0n) is 17.6. The molecule has 1 aliphatic rings.